The molecule has 0 unspecified atom stereocenters. The van der Waals surface area contributed by atoms with Crippen molar-refractivity contribution in [2.24, 2.45) is 4.99 Å². The van der Waals surface area contributed by atoms with Crippen molar-refractivity contribution in [1.29, 1.82) is 0 Å². The Labute approximate surface area is 108 Å². The number of hydrogen-bond donors (Lipinski definition) is 1. The van der Waals surface area contributed by atoms with E-state index in [1.165, 1.54) is 0 Å². The second-order valence-electron chi connectivity index (χ2n) is 4.44. The maximum atomic E-state index is 9.43. The van der Waals surface area contributed by atoms with Crippen LogP contribution in [0.4, 0.5) is 0 Å². The van der Waals surface area contributed by atoms with Crippen LogP contribution in [0.3, 0.4) is 0 Å². The first-order valence-electron chi connectivity index (χ1n) is 5.25. The quantitative estimate of drug-likeness (QED) is 0.857. The van der Waals surface area contributed by atoms with Crippen LogP contribution in [-0.4, -0.2) is 19.9 Å². The third-order valence-corrected chi connectivity index (χ3v) is 4.69. The van der Waals surface area contributed by atoms with Crippen LogP contribution in [0, 0.1) is 6.54 Å². The van der Waals surface area contributed by atoms with Crippen LogP contribution in [-0.2, 0) is 0 Å². The number of aromatic nitrogens is 1. The molecule has 17 heavy (non-hydrogen) atoms. The fraction of sp³-hybridized carbons (Fsp3) is 0.250. The summed E-state index contributed by atoms with van der Waals surface area (Å²) in [5.41, 5.74) is 0.913. The summed E-state index contributed by atoms with van der Waals surface area (Å²) in [5.74, 6) is 0.278. The molecule has 1 aromatic carbocycles. The summed E-state index contributed by atoms with van der Waals surface area (Å²) in [6.07, 6.45) is 0. The standard InChI is InChI=1S/C12H11N2OS2/c1-12(2)6-13-10(17-12)11-14-8-4-3-7(15)5-9(8)16-11/h3-6,15H,1-2H3. The van der Waals surface area contributed by atoms with E-state index in [1.54, 1.807) is 35.2 Å². The molecule has 0 bridgehead atoms. The summed E-state index contributed by atoms with van der Waals surface area (Å²) in [7, 11) is 0. The van der Waals surface area contributed by atoms with Gasteiger partial charge in [-0.2, -0.15) is 0 Å². The molecule has 87 valence electrons. The molecule has 2 aromatic rings. The minimum Gasteiger partial charge on any atom is -0.508 e. The molecule has 0 saturated carbocycles. The number of phenols is 1. The van der Waals surface area contributed by atoms with E-state index in [0.717, 1.165) is 20.3 Å². The first-order chi connectivity index (χ1) is 8.03. The van der Waals surface area contributed by atoms with Gasteiger partial charge in [0, 0.05) is 4.75 Å². The van der Waals surface area contributed by atoms with Crippen LogP contribution < -0.4 is 0 Å². The number of rotatable bonds is 1. The van der Waals surface area contributed by atoms with Gasteiger partial charge in [-0.1, -0.05) is 11.8 Å². The van der Waals surface area contributed by atoms with Crippen LogP contribution >= 0.6 is 23.1 Å². The monoisotopic (exact) mass is 263 g/mol. The van der Waals surface area contributed by atoms with Crippen molar-refractivity contribution in [2.75, 3.05) is 0 Å². The lowest BCUT2D eigenvalue weighted by atomic mass is 10.2. The van der Waals surface area contributed by atoms with E-state index in [9.17, 15) is 5.11 Å². The number of aromatic hydroxyl groups is 1. The lowest BCUT2D eigenvalue weighted by Crippen LogP contribution is -2.10. The topological polar surface area (TPSA) is 45.5 Å². The normalized spacial score (nSPS) is 18.6. The molecule has 2 heterocycles. The molecule has 0 saturated heterocycles. The van der Waals surface area contributed by atoms with E-state index < -0.39 is 0 Å². The molecular weight excluding hydrogens is 252 g/mol. The molecule has 0 spiro atoms. The van der Waals surface area contributed by atoms with Gasteiger partial charge < -0.3 is 5.11 Å². The molecule has 3 rings (SSSR count). The number of fused-ring (bicyclic) bond motifs is 1. The molecule has 1 aliphatic heterocycles. The molecule has 5 heteroatoms. The summed E-state index contributed by atoms with van der Waals surface area (Å²) < 4.78 is 1.04. The van der Waals surface area contributed by atoms with Crippen molar-refractivity contribution >= 4 is 38.4 Å². The van der Waals surface area contributed by atoms with Crippen molar-refractivity contribution in [1.82, 2.24) is 4.98 Å². The van der Waals surface area contributed by atoms with Crippen LogP contribution in [0.15, 0.2) is 23.2 Å². The average molecular weight is 263 g/mol. The van der Waals surface area contributed by atoms with Crippen LogP contribution in [0.2, 0.25) is 0 Å². The van der Waals surface area contributed by atoms with Crippen LogP contribution in [0.5, 0.6) is 5.75 Å². The number of aliphatic imine (C=N–C) groups is 1. The molecule has 0 atom stereocenters. The lowest BCUT2D eigenvalue weighted by Gasteiger charge is -2.12. The van der Waals surface area contributed by atoms with Gasteiger partial charge in [-0.15, -0.1) is 11.3 Å². The van der Waals surface area contributed by atoms with Gasteiger partial charge in [-0.3, -0.25) is 4.99 Å². The third kappa shape index (κ3) is 2.05. The minimum atomic E-state index is 0.0509. The lowest BCUT2D eigenvalue weighted by molar-refractivity contribution is 0.476. The van der Waals surface area contributed by atoms with E-state index in [0.29, 0.717) is 0 Å². The average Bonchev–Trinajstić information content (AvgIpc) is 2.80. The smallest absolute Gasteiger partial charge is 0.149 e. The number of hydrogen-bond acceptors (Lipinski definition) is 5. The van der Waals surface area contributed by atoms with Gasteiger partial charge in [0.2, 0.25) is 0 Å². The largest absolute Gasteiger partial charge is 0.508 e. The highest BCUT2D eigenvalue weighted by Gasteiger charge is 2.29. The Morgan fingerprint density at radius 2 is 2.12 bits per heavy atom. The van der Waals surface area contributed by atoms with Gasteiger partial charge in [-0.25, -0.2) is 4.98 Å². The highest BCUT2D eigenvalue weighted by molar-refractivity contribution is 8.16. The number of phenolic OH excluding ortho intramolecular Hbond substituents is 1. The second-order valence-corrected chi connectivity index (χ2v) is 7.11. The van der Waals surface area contributed by atoms with E-state index in [2.05, 4.69) is 23.8 Å². The Morgan fingerprint density at radius 1 is 1.29 bits per heavy atom. The van der Waals surface area contributed by atoms with Crippen molar-refractivity contribution < 1.29 is 5.11 Å². The van der Waals surface area contributed by atoms with E-state index >= 15 is 0 Å². The van der Waals surface area contributed by atoms with E-state index in [-0.39, 0.29) is 10.5 Å². The zero-order valence-corrected chi connectivity index (χ0v) is 11.1. The van der Waals surface area contributed by atoms with Crippen molar-refractivity contribution in [3.05, 3.63) is 29.8 Å². The van der Waals surface area contributed by atoms with Crippen LogP contribution in [0.1, 0.15) is 18.9 Å². The summed E-state index contributed by atoms with van der Waals surface area (Å²) in [6.45, 7) is 6.22. The van der Waals surface area contributed by atoms with Gasteiger partial charge in [0.1, 0.15) is 15.8 Å². The van der Waals surface area contributed by atoms with E-state index in [1.807, 2.05) is 12.6 Å². The molecule has 0 aliphatic carbocycles. The summed E-state index contributed by atoms with van der Waals surface area (Å²) >= 11 is 3.29. The summed E-state index contributed by atoms with van der Waals surface area (Å²) in [6, 6.07) is 5.23. The highest BCUT2D eigenvalue weighted by atomic mass is 32.2. The Bertz CT molecular complexity index is 616. The van der Waals surface area contributed by atoms with E-state index in [4.69, 9.17) is 0 Å². The Hall–Kier alpha value is -1.07. The van der Waals surface area contributed by atoms with Crippen molar-refractivity contribution in [3.63, 3.8) is 0 Å². The molecule has 0 amide bonds. The summed E-state index contributed by atoms with van der Waals surface area (Å²) in [5, 5.41) is 11.3. The van der Waals surface area contributed by atoms with Gasteiger partial charge >= 0.3 is 0 Å². The van der Waals surface area contributed by atoms with Gasteiger partial charge in [-0.05, 0) is 32.0 Å². The van der Waals surface area contributed by atoms with Crippen LogP contribution in [0.25, 0.3) is 10.2 Å². The van der Waals surface area contributed by atoms with Gasteiger partial charge in [0.05, 0.1) is 16.8 Å². The molecule has 1 N–H and O–H groups in total. The maximum Gasteiger partial charge on any atom is 0.149 e. The molecular formula is C12H11N2OS2. The zero-order valence-electron chi connectivity index (χ0n) is 9.47. The maximum absolute atomic E-state index is 9.43. The zero-order chi connectivity index (χ0) is 12.0. The van der Waals surface area contributed by atoms with Crippen molar-refractivity contribution in [3.8, 4) is 5.75 Å². The molecule has 3 nitrogen and oxygen atoms in total. The number of thiazole rings is 1. The molecule has 1 radical (unpaired) electrons. The van der Waals surface area contributed by atoms with Crippen molar-refractivity contribution in [2.45, 2.75) is 18.6 Å². The fourth-order valence-electron chi connectivity index (χ4n) is 1.62. The third-order valence-electron chi connectivity index (χ3n) is 2.41. The Morgan fingerprint density at radius 3 is 2.82 bits per heavy atom. The fourth-order valence-corrected chi connectivity index (χ4v) is 3.60. The van der Waals surface area contributed by atoms with Gasteiger partial charge in [0.25, 0.3) is 0 Å². The molecule has 1 aromatic heterocycles. The Balaban J connectivity index is 2.02. The minimum absolute atomic E-state index is 0.0509. The summed E-state index contributed by atoms with van der Waals surface area (Å²) in [4.78, 5) is 8.95. The highest BCUT2D eigenvalue weighted by Crippen LogP contribution is 2.39. The predicted molar refractivity (Wildman–Crippen MR) is 73.8 cm³/mol. The number of thioether (sulfide) groups is 1. The predicted octanol–water partition coefficient (Wildman–Crippen LogP) is 3.44. The molecule has 0 fully saturated rings. The first kappa shape index (κ1) is 11.0. The molecule has 1 aliphatic rings. The number of nitrogens with zero attached hydrogens (tertiary/aromatic N) is 2. The first-order valence-corrected chi connectivity index (χ1v) is 6.88. The Kier molecular flexibility index (Phi) is 2.41. The SMILES string of the molecule is CC1(C)[CH]N=C(c2nc3ccc(O)cc3s2)S1. The number of benzene rings is 1. The van der Waals surface area contributed by atoms with Gasteiger partial charge in [0.15, 0.2) is 0 Å². The second kappa shape index (κ2) is 3.71.